The van der Waals surface area contributed by atoms with Crippen LogP contribution in [0.1, 0.15) is 54.4 Å². The molecule has 7 nitrogen and oxygen atoms in total. The number of ether oxygens (including phenoxy) is 2. The summed E-state index contributed by atoms with van der Waals surface area (Å²) in [7, 11) is 0. The summed E-state index contributed by atoms with van der Waals surface area (Å²) in [6.07, 6.45) is 1.81. The van der Waals surface area contributed by atoms with Gasteiger partial charge in [0.1, 0.15) is 6.61 Å². The summed E-state index contributed by atoms with van der Waals surface area (Å²) in [5.41, 5.74) is 0.336. The molecule has 2 unspecified atom stereocenters. The van der Waals surface area contributed by atoms with Crippen molar-refractivity contribution in [2.24, 2.45) is 11.3 Å². The van der Waals surface area contributed by atoms with Gasteiger partial charge in [-0.1, -0.05) is 27.4 Å². The van der Waals surface area contributed by atoms with Crippen molar-refractivity contribution in [1.82, 2.24) is 10.6 Å². The Morgan fingerprint density at radius 3 is 2.35 bits per heavy atom. The first-order chi connectivity index (χ1) is 11.8. The molecule has 0 aliphatic carbocycles. The first kappa shape index (κ1) is 24.6. The maximum atomic E-state index is 11.2. The second-order valence-corrected chi connectivity index (χ2v) is 7.85. The molecule has 0 bridgehead atoms. The largest absolute Gasteiger partial charge is 0.460 e. The van der Waals surface area contributed by atoms with Gasteiger partial charge < -0.3 is 19.9 Å². The number of amides is 1. The van der Waals surface area contributed by atoms with Crippen LogP contribution in [0, 0.1) is 11.3 Å². The zero-order chi connectivity index (χ0) is 20.4. The molecule has 2 atom stereocenters. The predicted molar refractivity (Wildman–Crippen MR) is 101 cm³/mol. The Hall–Kier alpha value is -1.44. The van der Waals surface area contributed by atoms with Crippen LogP contribution in [0.25, 0.3) is 0 Å². The van der Waals surface area contributed by atoms with Crippen LogP contribution in [0.2, 0.25) is 0 Å². The van der Waals surface area contributed by atoms with Crippen molar-refractivity contribution in [3.8, 4) is 0 Å². The molecule has 0 saturated carbocycles. The molecule has 0 saturated heterocycles. The van der Waals surface area contributed by atoms with E-state index in [1.807, 2.05) is 0 Å². The minimum absolute atomic E-state index is 0.0112. The van der Waals surface area contributed by atoms with E-state index >= 15 is 0 Å². The fraction of sp³-hybridized carbons (Fsp3) is 0.789. The maximum Gasteiger partial charge on any atom is 0.333 e. The lowest BCUT2D eigenvalue weighted by molar-refractivity contribution is -0.217. The molecule has 1 amide bonds. The number of aliphatic hydroxyl groups is 1. The van der Waals surface area contributed by atoms with Gasteiger partial charge in [-0.3, -0.25) is 10.1 Å². The number of nitrogens with one attached hydrogen (secondary N) is 2. The summed E-state index contributed by atoms with van der Waals surface area (Å²) in [6.45, 7) is 15.8. The van der Waals surface area contributed by atoms with E-state index in [2.05, 4.69) is 38.0 Å². The van der Waals surface area contributed by atoms with Gasteiger partial charge >= 0.3 is 5.97 Å². The summed E-state index contributed by atoms with van der Waals surface area (Å²) in [6, 6.07) is 0. The van der Waals surface area contributed by atoms with Gasteiger partial charge in [-0.25, -0.2) is 4.79 Å². The molecular weight excluding hydrogens is 336 g/mol. The molecule has 0 aromatic carbocycles. The molecule has 26 heavy (non-hydrogen) atoms. The van der Waals surface area contributed by atoms with E-state index in [4.69, 9.17) is 9.47 Å². The van der Waals surface area contributed by atoms with Crippen LogP contribution < -0.4 is 10.6 Å². The molecule has 0 heterocycles. The first-order valence-electron chi connectivity index (χ1n) is 9.03. The lowest BCUT2D eigenvalue weighted by atomic mass is 9.82. The Morgan fingerprint density at radius 2 is 1.81 bits per heavy atom. The molecule has 0 rings (SSSR count). The third-order valence-electron chi connectivity index (χ3n) is 3.86. The highest BCUT2D eigenvalue weighted by molar-refractivity contribution is 5.86. The fourth-order valence-corrected chi connectivity index (χ4v) is 2.58. The standard InChI is InChI=1S/C19H36N2O5/c1-14(2)17(23)25-10-11-26-19(7,24)21-9-8-15(3)12-18(5,6)13-20-16(4)22/h15,21,24H,1,8-13H2,2-7H3,(H,20,22). The molecule has 0 aliphatic heterocycles. The molecule has 0 aromatic heterocycles. The summed E-state index contributed by atoms with van der Waals surface area (Å²) in [5.74, 6) is -1.56. The van der Waals surface area contributed by atoms with E-state index < -0.39 is 11.9 Å². The highest BCUT2D eigenvalue weighted by Gasteiger charge is 2.23. The second-order valence-electron chi connectivity index (χ2n) is 7.85. The zero-order valence-corrected chi connectivity index (χ0v) is 17.1. The number of rotatable bonds is 13. The first-order valence-corrected chi connectivity index (χ1v) is 9.03. The quantitative estimate of drug-likeness (QED) is 0.198. The molecule has 0 aromatic rings. The molecule has 152 valence electrons. The Labute approximate surface area is 157 Å². The van der Waals surface area contributed by atoms with Crippen molar-refractivity contribution in [2.45, 2.75) is 60.3 Å². The van der Waals surface area contributed by atoms with E-state index in [-0.39, 0.29) is 24.5 Å². The monoisotopic (exact) mass is 372 g/mol. The van der Waals surface area contributed by atoms with Crippen LogP contribution in [0.15, 0.2) is 12.2 Å². The minimum Gasteiger partial charge on any atom is -0.460 e. The average Bonchev–Trinajstić information content (AvgIpc) is 2.48. The topological polar surface area (TPSA) is 96.9 Å². The van der Waals surface area contributed by atoms with Crippen molar-refractivity contribution < 1.29 is 24.2 Å². The highest BCUT2D eigenvalue weighted by Crippen LogP contribution is 2.26. The molecular formula is C19H36N2O5. The fourth-order valence-electron chi connectivity index (χ4n) is 2.58. The molecule has 0 spiro atoms. The number of carbonyl (C=O) groups excluding carboxylic acids is 2. The Balaban J connectivity index is 4.02. The van der Waals surface area contributed by atoms with Gasteiger partial charge in [0.15, 0.2) is 0 Å². The van der Waals surface area contributed by atoms with Gasteiger partial charge in [0.25, 0.3) is 0 Å². The van der Waals surface area contributed by atoms with E-state index in [1.165, 1.54) is 13.8 Å². The second kappa shape index (κ2) is 11.3. The normalized spacial score (nSPS) is 15.0. The van der Waals surface area contributed by atoms with Crippen molar-refractivity contribution in [1.29, 1.82) is 0 Å². The van der Waals surface area contributed by atoms with Gasteiger partial charge in [0.2, 0.25) is 11.8 Å². The smallest absolute Gasteiger partial charge is 0.333 e. The molecule has 7 heteroatoms. The van der Waals surface area contributed by atoms with Gasteiger partial charge in [-0.05, 0) is 31.1 Å². The molecule has 0 aliphatic rings. The van der Waals surface area contributed by atoms with Gasteiger partial charge in [-0.2, -0.15) is 0 Å². The Kier molecular flexibility index (Phi) is 10.7. The minimum atomic E-state index is -1.49. The van der Waals surface area contributed by atoms with Crippen LogP contribution in [0.3, 0.4) is 0 Å². The van der Waals surface area contributed by atoms with Gasteiger partial charge in [0, 0.05) is 32.5 Å². The van der Waals surface area contributed by atoms with Crippen LogP contribution in [-0.2, 0) is 19.1 Å². The van der Waals surface area contributed by atoms with Crippen molar-refractivity contribution in [3.05, 3.63) is 12.2 Å². The molecule has 3 N–H and O–H groups in total. The number of carbonyl (C=O) groups is 2. The van der Waals surface area contributed by atoms with E-state index in [9.17, 15) is 14.7 Å². The Bertz CT molecular complexity index is 475. The molecule has 0 radical (unpaired) electrons. The van der Waals surface area contributed by atoms with Crippen molar-refractivity contribution >= 4 is 11.9 Å². The number of hydrogen-bond donors (Lipinski definition) is 3. The van der Waals surface area contributed by atoms with Crippen LogP contribution >= 0.6 is 0 Å². The van der Waals surface area contributed by atoms with Crippen LogP contribution in [0.5, 0.6) is 0 Å². The summed E-state index contributed by atoms with van der Waals surface area (Å²) >= 11 is 0. The maximum absolute atomic E-state index is 11.2. The van der Waals surface area contributed by atoms with E-state index in [0.29, 0.717) is 24.6 Å². The van der Waals surface area contributed by atoms with E-state index in [1.54, 1.807) is 6.92 Å². The van der Waals surface area contributed by atoms with Crippen LogP contribution in [0.4, 0.5) is 0 Å². The Morgan fingerprint density at radius 1 is 1.19 bits per heavy atom. The van der Waals surface area contributed by atoms with E-state index in [0.717, 1.165) is 12.8 Å². The number of esters is 1. The summed E-state index contributed by atoms with van der Waals surface area (Å²) < 4.78 is 10.2. The molecule has 0 fully saturated rings. The zero-order valence-electron chi connectivity index (χ0n) is 17.1. The van der Waals surface area contributed by atoms with Gasteiger partial charge in [-0.15, -0.1) is 0 Å². The van der Waals surface area contributed by atoms with Gasteiger partial charge in [0.05, 0.1) is 6.61 Å². The van der Waals surface area contributed by atoms with Crippen LogP contribution in [-0.4, -0.2) is 49.2 Å². The third-order valence-corrected chi connectivity index (χ3v) is 3.86. The lowest BCUT2D eigenvalue weighted by Gasteiger charge is -2.29. The van der Waals surface area contributed by atoms with Crippen molar-refractivity contribution in [3.63, 3.8) is 0 Å². The van der Waals surface area contributed by atoms with Crippen molar-refractivity contribution in [2.75, 3.05) is 26.3 Å². The lowest BCUT2D eigenvalue weighted by Crippen LogP contribution is -2.46. The number of hydrogen-bond acceptors (Lipinski definition) is 6. The third kappa shape index (κ3) is 12.9. The summed E-state index contributed by atoms with van der Waals surface area (Å²) in [5, 5.41) is 15.9. The highest BCUT2D eigenvalue weighted by atomic mass is 16.7. The average molecular weight is 373 g/mol. The summed E-state index contributed by atoms with van der Waals surface area (Å²) in [4.78, 5) is 22.3. The predicted octanol–water partition coefficient (Wildman–Crippen LogP) is 1.96. The SMILES string of the molecule is C=C(C)C(=O)OCCOC(C)(O)NCCC(C)CC(C)(C)CNC(C)=O.